The van der Waals surface area contributed by atoms with Gasteiger partial charge in [0.1, 0.15) is 0 Å². The van der Waals surface area contributed by atoms with Crippen molar-refractivity contribution in [3.8, 4) is 0 Å². The maximum absolute atomic E-state index is 11.3. The molecule has 2 nitrogen and oxygen atoms in total. The summed E-state index contributed by atoms with van der Waals surface area (Å²) >= 11 is 0. The molecule has 0 spiro atoms. The lowest BCUT2D eigenvalue weighted by atomic mass is 9.87. The lowest BCUT2D eigenvalue weighted by Gasteiger charge is -2.13. The Morgan fingerprint density at radius 1 is 1.55 bits per heavy atom. The smallest absolute Gasteiger partial charge is 0.234 e. The van der Waals surface area contributed by atoms with E-state index in [0.717, 1.165) is 11.3 Å². The van der Waals surface area contributed by atoms with Crippen molar-refractivity contribution in [3.63, 3.8) is 0 Å². The number of hydrogen-bond acceptors (Lipinski definition) is 1. The Labute approximate surface area is 67.0 Å². The van der Waals surface area contributed by atoms with E-state index in [1.165, 1.54) is 0 Å². The predicted molar refractivity (Wildman–Crippen MR) is 44.8 cm³/mol. The molecule has 0 unspecified atom stereocenters. The van der Waals surface area contributed by atoms with Crippen molar-refractivity contribution >= 4 is 5.91 Å². The molecule has 0 aromatic heterocycles. The summed E-state index contributed by atoms with van der Waals surface area (Å²) in [4.78, 5) is 11.3. The molecule has 0 bridgehead atoms. The molecule has 1 N–H and O–H groups in total. The summed E-state index contributed by atoms with van der Waals surface area (Å²) in [6, 6.07) is 0. The predicted octanol–water partition coefficient (Wildman–Crippen LogP) is 1.60. The zero-order chi connectivity index (χ0) is 8.65. The molecule has 11 heavy (non-hydrogen) atoms. The van der Waals surface area contributed by atoms with Gasteiger partial charge < -0.3 is 5.32 Å². The van der Waals surface area contributed by atoms with Crippen molar-refractivity contribution in [2.75, 3.05) is 0 Å². The second-order valence-corrected chi connectivity index (χ2v) is 3.26. The van der Waals surface area contributed by atoms with Gasteiger partial charge in [-0.05, 0) is 26.3 Å². The summed E-state index contributed by atoms with van der Waals surface area (Å²) in [5, 5.41) is 2.77. The monoisotopic (exact) mass is 151 g/mol. The molecule has 1 aliphatic heterocycles. The van der Waals surface area contributed by atoms with Gasteiger partial charge in [-0.1, -0.05) is 12.7 Å². The molecular weight excluding hydrogens is 138 g/mol. The first-order valence-corrected chi connectivity index (χ1v) is 3.67. The zero-order valence-corrected chi connectivity index (χ0v) is 7.19. The molecule has 0 aromatic rings. The Morgan fingerprint density at radius 3 is 2.27 bits per heavy atom. The molecule has 1 fully saturated rings. The molecule has 1 aliphatic rings. The molecule has 2 heteroatoms. The van der Waals surface area contributed by atoms with Gasteiger partial charge in [0.05, 0.1) is 5.41 Å². The second kappa shape index (κ2) is 2.22. The highest BCUT2D eigenvalue weighted by Crippen LogP contribution is 2.35. The van der Waals surface area contributed by atoms with Crippen LogP contribution in [-0.4, -0.2) is 5.91 Å². The Balaban J connectivity index is 3.08. The molecule has 1 amide bonds. The maximum atomic E-state index is 11.3. The first-order chi connectivity index (χ1) is 5.00. The number of rotatable bonds is 0. The van der Waals surface area contributed by atoms with Crippen LogP contribution in [0.4, 0.5) is 0 Å². The third-order valence-corrected chi connectivity index (χ3v) is 2.18. The molecule has 0 saturated carbocycles. The number of hydrogen-bond donors (Lipinski definition) is 1. The summed E-state index contributed by atoms with van der Waals surface area (Å²) in [7, 11) is 0. The minimum absolute atomic E-state index is 0.0376. The average Bonchev–Trinajstić information content (AvgIpc) is 2.14. The molecule has 0 aliphatic carbocycles. The molecule has 1 rings (SSSR count). The van der Waals surface area contributed by atoms with Gasteiger partial charge in [0.25, 0.3) is 0 Å². The number of allylic oxidation sites excluding steroid dienone is 2. The number of carbonyl (C=O) groups is 1. The number of carbonyl (C=O) groups excluding carboxylic acids is 1. The quantitative estimate of drug-likeness (QED) is 0.559. The molecule has 0 aromatic carbocycles. The van der Waals surface area contributed by atoms with Crippen molar-refractivity contribution in [2.45, 2.75) is 20.8 Å². The molecule has 1 saturated heterocycles. The SMILES string of the molecule is C=C1/C(=C\C)NC(=O)C1(C)C. The normalized spacial score (nSPS) is 25.9. The van der Waals surface area contributed by atoms with Gasteiger partial charge in [0.2, 0.25) is 5.91 Å². The van der Waals surface area contributed by atoms with Crippen LogP contribution in [0.2, 0.25) is 0 Å². The third-order valence-electron chi connectivity index (χ3n) is 2.18. The van der Waals surface area contributed by atoms with Gasteiger partial charge in [-0.25, -0.2) is 0 Å². The highest BCUT2D eigenvalue weighted by Gasteiger charge is 2.38. The molecule has 0 atom stereocenters. The minimum atomic E-state index is -0.429. The van der Waals surface area contributed by atoms with E-state index in [9.17, 15) is 4.79 Å². The van der Waals surface area contributed by atoms with E-state index in [4.69, 9.17) is 0 Å². The molecule has 60 valence electrons. The molecule has 0 radical (unpaired) electrons. The number of amides is 1. The van der Waals surface area contributed by atoms with Crippen LogP contribution in [0.25, 0.3) is 0 Å². The molecule has 1 heterocycles. The van der Waals surface area contributed by atoms with E-state index < -0.39 is 5.41 Å². The molecular formula is C9H13NO. The fraction of sp³-hybridized carbons (Fsp3) is 0.444. The standard InChI is InChI=1S/C9H13NO/c1-5-7-6(2)9(3,4)8(11)10-7/h5H,2H2,1,3-4H3,(H,10,11)/b7-5+. The van der Waals surface area contributed by atoms with Gasteiger partial charge in [-0.3, -0.25) is 4.79 Å². The van der Waals surface area contributed by atoms with Gasteiger partial charge >= 0.3 is 0 Å². The van der Waals surface area contributed by atoms with E-state index in [2.05, 4.69) is 11.9 Å². The lowest BCUT2D eigenvalue weighted by molar-refractivity contribution is -0.124. The Kier molecular flexibility index (Phi) is 1.63. The lowest BCUT2D eigenvalue weighted by Crippen LogP contribution is -2.25. The maximum Gasteiger partial charge on any atom is 0.234 e. The first-order valence-electron chi connectivity index (χ1n) is 3.67. The summed E-state index contributed by atoms with van der Waals surface area (Å²) in [5.74, 6) is 0.0376. The minimum Gasteiger partial charge on any atom is -0.325 e. The van der Waals surface area contributed by atoms with Crippen LogP contribution in [0, 0.1) is 5.41 Å². The zero-order valence-electron chi connectivity index (χ0n) is 7.19. The summed E-state index contributed by atoms with van der Waals surface area (Å²) in [6.07, 6.45) is 1.87. The van der Waals surface area contributed by atoms with Gasteiger partial charge in [-0.15, -0.1) is 0 Å². The third kappa shape index (κ3) is 0.985. The van der Waals surface area contributed by atoms with Gasteiger partial charge in [-0.2, -0.15) is 0 Å². The van der Waals surface area contributed by atoms with Crippen molar-refractivity contribution in [3.05, 3.63) is 23.9 Å². The van der Waals surface area contributed by atoms with Crippen molar-refractivity contribution in [1.29, 1.82) is 0 Å². The average molecular weight is 151 g/mol. The largest absolute Gasteiger partial charge is 0.325 e. The van der Waals surface area contributed by atoms with Crippen LogP contribution in [-0.2, 0) is 4.79 Å². The van der Waals surface area contributed by atoms with Crippen LogP contribution in [0.3, 0.4) is 0 Å². The van der Waals surface area contributed by atoms with Crippen LogP contribution in [0.15, 0.2) is 23.9 Å². The van der Waals surface area contributed by atoms with Crippen molar-refractivity contribution < 1.29 is 4.79 Å². The van der Waals surface area contributed by atoms with E-state index in [1.807, 2.05) is 26.8 Å². The van der Waals surface area contributed by atoms with E-state index >= 15 is 0 Å². The highest BCUT2D eigenvalue weighted by atomic mass is 16.2. The fourth-order valence-electron chi connectivity index (χ4n) is 1.07. The number of nitrogens with one attached hydrogen (secondary N) is 1. The van der Waals surface area contributed by atoms with E-state index in [0.29, 0.717) is 0 Å². The van der Waals surface area contributed by atoms with Gasteiger partial charge in [0, 0.05) is 5.70 Å². The van der Waals surface area contributed by atoms with E-state index in [1.54, 1.807) is 0 Å². The van der Waals surface area contributed by atoms with Crippen LogP contribution in [0.1, 0.15) is 20.8 Å². The Hall–Kier alpha value is -1.05. The first kappa shape index (κ1) is 8.05. The second-order valence-electron chi connectivity index (χ2n) is 3.26. The highest BCUT2D eigenvalue weighted by molar-refractivity contribution is 5.92. The van der Waals surface area contributed by atoms with Crippen molar-refractivity contribution in [2.24, 2.45) is 5.41 Å². The van der Waals surface area contributed by atoms with Gasteiger partial charge in [0.15, 0.2) is 0 Å². The Morgan fingerprint density at radius 2 is 2.09 bits per heavy atom. The van der Waals surface area contributed by atoms with Crippen LogP contribution in [0.5, 0.6) is 0 Å². The van der Waals surface area contributed by atoms with Crippen molar-refractivity contribution in [1.82, 2.24) is 5.32 Å². The summed E-state index contributed by atoms with van der Waals surface area (Å²) < 4.78 is 0. The Bertz CT molecular complexity index is 248. The van der Waals surface area contributed by atoms with Crippen LogP contribution >= 0.6 is 0 Å². The summed E-state index contributed by atoms with van der Waals surface area (Å²) in [5.41, 5.74) is 1.31. The topological polar surface area (TPSA) is 29.1 Å². The fourth-order valence-corrected chi connectivity index (χ4v) is 1.07. The van der Waals surface area contributed by atoms with E-state index in [-0.39, 0.29) is 5.91 Å². The van der Waals surface area contributed by atoms with Crippen LogP contribution < -0.4 is 5.32 Å². The summed E-state index contributed by atoms with van der Waals surface area (Å²) in [6.45, 7) is 9.50.